The molecule has 0 saturated heterocycles. The molecule has 1 atom stereocenters. The van der Waals surface area contributed by atoms with Crippen molar-refractivity contribution in [1.29, 1.82) is 0 Å². The Bertz CT molecular complexity index is 155. The molecule has 0 N–H and O–H groups in total. The summed E-state index contributed by atoms with van der Waals surface area (Å²) >= 11 is 0. The number of hydrogen-bond donors (Lipinski definition) is 0. The summed E-state index contributed by atoms with van der Waals surface area (Å²) in [5, 5.41) is 0. The first-order valence-corrected chi connectivity index (χ1v) is 4.82. The minimum absolute atomic E-state index is 0.0973. The van der Waals surface area contributed by atoms with Gasteiger partial charge in [-0.3, -0.25) is 9.69 Å². The van der Waals surface area contributed by atoms with Gasteiger partial charge in [-0.15, -0.1) is 0 Å². The Morgan fingerprint density at radius 3 is 2.23 bits per heavy atom. The summed E-state index contributed by atoms with van der Waals surface area (Å²) in [4.78, 5) is 13.4. The molecule has 0 saturated carbocycles. The zero-order valence-corrected chi connectivity index (χ0v) is 9.33. The van der Waals surface area contributed by atoms with Crippen LogP contribution >= 0.6 is 0 Å². The topological polar surface area (TPSA) is 29.5 Å². The van der Waals surface area contributed by atoms with Crippen molar-refractivity contribution in [2.24, 2.45) is 5.92 Å². The lowest BCUT2D eigenvalue weighted by atomic mass is 10.0. The highest BCUT2D eigenvalue weighted by Crippen LogP contribution is 2.10. The molecule has 3 nitrogen and oxygen atoms in total. The molecule has 0 aliphatic rings. The van der Waals surface area contributed by atoms with Gasteiger partial charge >= 0.3 is 5.97 Å². The van der Waals surface area contributed by atoms with Gasteiger partial charge in [0.1, 0.15) is 6.04 Å². The van der Waals surface area contributed by atoms with Gasteiger partial charge < -0.3 is 4.74 Å². The lowest BCUT2D eigenvalue weighted by Crippen LogP contribution is -2.38. The first-order chi connectivity index (χ1) is 5.99. The third kappa shape index (κ3) is 4.88. The number of nitrogens with zero attached hydrogens (tertiary/aromatic N) is 1. The number of likely N-dealkylation sites (N-methyl/N-ethyl adjacent to an activating group) is 1. The maximum Gasteiger partial charge on any atom is 0.323 e. The predicted molar refractivity (Wildman–Crippen MR) is 53.6 cm³/mol. The van der Waals surface area contributed by atoms with Crippen LogP contribution in [0.2, 0.25) is 0 Å². The van der Waals surface area contributed by atoms with Gasteiger partial charge in [0, 0.05) is 0 Å². The normalized spacial score (nSPS) is 13.5. The van der Waals surface area contributed by atoms with Crippen LogP contribution in [-0.4, -0.2) is 37.6 Å². The summed E-state index contributed by atoms with van der Waals surface area (Å²) in [5.74, 6) is 0.401. The van der Waals surface area contributed by atoms with Crippen LogP contribution in [-0.2, 0) is 9.53 Å². The van der Waals surface area contributed by atoms with E-state index in [-0.39, 0.29) is 12.0 Å². The Hall–Kier alpha value is -0.570. The first-order valence-electron chi connectivity index (χ1n) is 4.82. The van der Waals surface area contributed by atoms with Crippen molar-refractivity contribution >= 4 is 5.97 Å². The van der Waals surface area contributed by atoms with E-state index in [0.717, 1.165) is 6.42 Å². The quantitative estimate of drug-likeness (QED) is 0.611. The maximum atomic E-state index is 11.5. The third-order valence-electron chi connectivity index (χ3n) is 1.88. The predicted octanol–water partition coefficient (Wildman–Crippen LogP) is 1.53. The van der Waals surface area contributed by atoms with Gasteiger partial charge in [-0.1, -0.05) is 13.8 Å². The first kappa shape index (κ1) is 12.4. The van der Waals surface area contributed by atoms with E-state index in [1.165, 1.54) is 0 Å². The van der Waals surface area contributed by atoms with E-state index in [0.29, 0.717) is 12.5 Å². The molecule has 13 heavy (non-hydrogen) atoms. The zero-order chi connectivity index (χ0) is 10.4. The molecule has 0 spiro atoms. The fraction of sp³-hybridized carbons (Fsp3) is 0.900. The summed E-state index contributed by atoms with van der Waals surface area (Å²) in [7, 11) is 3.81. The second-order valence-electron chi connectivity index (χ2n) is 3.86. The van der Waals surface area contributed by atoms with Gasteiger partial charge in [-0.05, 0) is 33.4 Å². The molecule has 0 aromatic carbocycles. The van der Waals surface area contributed by atoms with Crippen molar-refractivity contribution in [3.63, 3.8) is 0 Å². The molecule has 0 aromatic rings. The molecule has 0 heterocycles. The van der Waals surface area contributed by atoms with Crippen LogP contribution in [0.1, 0.15) is 27.2 Å². The number of esters is 1. The van der Waals surface area contributed by atoms with E-state index in [9.17, 15) is 4.79 Å². The van der Waals surface area contributed by atoms with Gasteiger partial charge in [0.05, 0.1) is 6.61 Å². The Morgan fingerprint density at radius 1 is 1.38 bits per heavy atom. The van der Waals surface area contributed by atoms with Crippen LogP contribution in [0, 0.1) is 5.92 Å². The molecule has 78 valence electrons. The molecule has 0 rings (SSSR count). The molecular formula is C10H21NO2. The number of hydrogen-bond acceptors (Lipinski definition) is 3. The minimum atomic E-state index is -0.110. The number of rotatable bonds is 5. The standard InChI is InChI=1S/C10H21NO2/c1-6-13-10(12)9(11(4)5)7-8(2)3/h8-9H,6-7H2,1-5H3/t9-/m0/s1. The molecule has 0 aromatic heterocycles. The Morgan fingerprint density at radius 2 is 1.92 bits per heavy atom. The van der Waals surface area contributed by atoms with Crippen LogP contribution in [0.3, 0.4) is 0 Å². The third-order valence-corrected chi connectivity index (χ3v) is 1.88. The van der Waals surface area contributed by atoms with E-state index in [2.05, 4.69) is 13.8 Å². The fourth-order valence-electron chi connectivity index (χ4n) is 1.20. The van der Waals surface area contributed by atoms with E-state index in [1.807, 2.05) is 25.9 Å². The van der Waals surface area contributed by atoms with Crippen molar-refractivity contribution < 1.29 is 9.53 Å². The summed E-state index contributed by atoms with van der Waals surface area (Å²) < 4.78 is 4.99. The second kappa shape index (κ2) is 5.97. The maximum absolute atomic E-state index is 11.5. The highest BCUT2D eigenvalue weighted by Gasteiger charge is 2.22. The van der Waals surface area contributed by atoms with Crippen molar-refractivity contribution in [3.8, 4) is 0 Å². The summed E-state index contributed by atoms with van der Waals surface area (Å²) in [5.41, 5.74) is 0. The van der Waals surface area contributed by atoms with Gasteiger partial charge in [0.2, 0.25) is 0 Å². The number of ether oxygens (including phenoxy) is 1. The van der Waals surface area contributed by atoms with Gasteiger partial charge in [0.15, 0.2) is 0 Å². The van der Waals surface area contributed by atoms with Crippen LogP contribution in [0.4, 0.5) is 0 Å². The molecule has 0 aliphatic carbocycles. The molecule has 0 unspecified atom stereocenters. The molecule has 0 amide bonds. The Balaban J connectivity index is 4.15. The zero-order valence-electron chi connectivity index (χ0n) is 9.33. The van der Waals surface area contributed by atoms with E-state index in [4.69, 9.17) is 4.74 Å². The average molecular weight is 187 g/mol. The molecule has 0 bridgehead atoms. The summed E-state index contributed by atoms with van der Waals surface area (Å²) in [6, 6.07) is -0.0973. The monoisotopic (exact) mass is 187 g/mol. The SMILES string of the molecule is CCOC(=O)[C@H](CC(C)C)N(C)C. The van der Waals surface area contributed by atoms with Crippen LogP contribution in [0.5, 0.6) is 0 Å². The highest BCUT2D eigenvalue weighted by molar-refractivity contribution is 5.75. The summed E-state index contributed by atoms with van der Waals surface area (Å²) in [6.07, 6.45) is 0.853. The van der Waals surface area contributed by atoms with Crippen LogP contribution in [0.15, 0.2) is 0 Å². The van der Waals surface area contributed by atoms with E-state index in [1.54, 1.807) is 0 Å². The highest BCUT2D eigenvalue weighted by atomic mass is 16.5. The van der Waals surface area contributed by atoms with Crippen LogP contribution < -0.4 is 0 Å². The van der Waals surface area contributed by atoms with Crippen molar-refractivity contribution in [3.05, 3.63) is 0 Å². The van der Waals surface area contributed by atoms with Crippen molar-refractivity contribution in [1.82, 2.24) is 4.90 Å². The molecule has 0 radical (unpaired) electrons. The Labute approximate surface area is 81.1 Å². The second-order valence-corrected chi connectivity index (χ2v) is 3.86. The lowest BCUT2D eigenvalue weighted by molar-refractivity contribution is -0.149. The molecule has 0 fully saturated rings. The molecule has 0 aliphatic heterocycles. The van der Waals surface area contributed by atoms with E-state index < -0.39 is 0 Å². The molecule has 3 heteroatoms. The Kier molecular flexibility index (Phi) is 5.71. The number of carbonyl (C=O) groups excluding carboxylic acids is 1. The molecular weight excluding hydrogens is 166 g/mol. The van der Waals surface area contributed by atoms with Crippen molar-refractivity contribution in [2.45, 2.75) is 33.2 Å². The lowest BCUT2D eigenvalue weighted by Gasteiger charge is -2.23. The fourth-order valence-corrected chi connectivity index (χ4v) is 1.20. The van der Waals surface area contributed by atoms with Crippen LogP contribution in [0.25, 0.3) is 0 Å². The van der Waals surface area contributed by atoms with Crippen molar-refractivity contribution in [2.75, 3.05) is 20.7 Å². The average Bonchev–Trinajstić information content (AvgIpc) is 1.99. The smallest absolute Gasteiger partial charge is 0.323 e. The van der Waals surface area contributed by atoms with E-state index >= 15 is 0 Å². The number of carbonyl (C=O) groups is 1. The largest absolute Gasteiger partial charge is 0.465 e. The van der Waals surface area contributed by atoms with Gasteiger partial charge in [-0.25, -0.2) is 0 Å². The van der Waals surface area contributed by atoms with Gasteiger partial charge in [-0.2, -0.15) is 0 Å². The minimum Gasteiger partial charge on any atom is -0.465 e. The van der Waals surface area contributed by atoms with Gasteiger partial charge in [0.25, 0.3) is 0 Å². The summed E-state index contributed by atoms with van der Waals surface area (Å²) in [6.45, 7) is 6.51.